The van der Waals surface area contributed by atoms with Crippen molar-refractivity contribution in [3.05, 3.63) is 71.7 Å². The Morgan fingerprint density at radius 1 is 1.08 bits per heavy atom. The van der Waals surface area contributed by atoms with Crippen LogP contribution in [0.1, 0.15) is 28.8 Å². The molecule has 0 aliphatic carbocycles. The van der Waals surface area contributed by atoms with Gasteiger partial charge in [0.1, 0.15) is 11.5 Å². The smallest absolute Gasteiger partial charge is 0.353 e. The largest absolute Gasteiger partial charge is 0.417 e. The first-order valence-electron chi connectivity index (χ1n) is 11.4. The van der Waals surface area contributed by atoms with Gasteiger partial charge in [0.05, 0.1) is 16.8 Å². The number of piperidine rings is 1. The molecule has 186 valence electrons. The predicted octanol–water partition coefficient (Wildman–Crippen LogP) is 4.59. The number of carbonyl (C=O) groups is 1. The second-order valence-electron chi connectivity index (χ2n) is 8.70. The molecule has 2 aromatic carbocycles. The lowest BCUT2D eigenvalue weighted by atomic mass is 10.0. The summed E-state index contributed by atoms with van der Waals surface area (Å²) in [6.07, 6.45) is -1.89. The first-order chi connectivity index (χ1) is 17.2. The standard InChI is InChI=1S/C25H22F4N6O/c1-34-21(10-11-30-34)22-17-6-2-3-7-18(17)23(33-32-22)35-12-4-5-16(14-35)31-24(36)19-9-8-15(26)13-20(19)25(27,28)29/h2-3,6-11,13,16H,4-5,12,14H2,1H3,(H,31,36). The van der Waals surface area contributed by atoms with Crippen LogP contribution in [0.3, 0.4) is 0 Å². The molecule has 1 saturated heterocycles. The summed E-state index contributed by atoms with van der Waals surface area (Å²) in [6, 6.07) is 11.2. The molecule has 0 bridgehead atoms. The van der Waals surface area contributed by atoms with E-state index in [9.17, 15) is 22.4 Å². The Morgan fingerprint density at radius 3 is 2.58 bits per heavy atom. The molecule has 3 heterocycles. The number of benzene rings is 2. The number of aryl methyl sites for hydroxylation is 1. The monoisotopic (exact) mass is 498 g/mol. The first-order valence-corrected chi connectivity index (χ1v) is 11.4. The second kappa shape index (κ2) is 9.21. The fraction of sp³-hybridized carbons (Fsp3) is 0.280. The molecule has 1 N–H and O–H groups in total. The quantitative estimate of drug-likeness (QED) is 0.417. The molecule has 2 aromatic heterocycles. The molecule has 0 saturated carbocycles. The van der Waals surface area contributed by atoms with Crippen molar-refractivity contribution >= 4 is 22.5 Å². The van der Waals surface area contributed by atoms with Crippen molar-refractivity contribution in [3.8, 4) is 11.4 Å². The summed E-state index contributed by atoms with van der Waals surface area (Å²) >= 11 is 0. The Bertz CT molecular complexity index is 1430. The number of aromatic nitrogens is 4. The summed E-state index contributed by atoms with van der Waals surface area (Å²) in [7, 11) is 1.82. The maximum atomic E-state index is 13.5. The van der Waals surface area contributed by atoms with E-state index in [4.69, 9.17) is 0 Å². The number of amides is 1. The van der Waals surface area contributed by atoms with Crippen LogP contribution in [-0.2, 0) is 13.2 Å². The van der Waals surface area contributed by atoms with Crippen molar-refractivity contribution in [1.82, 2.24) is 25.3 Å². The van der Waals surface area contributed by atoms with Crippen LogP contribution in [-0.4, -0.2) is 45.0 Å². The number of rotatable bonds is 4. The highest BCUT2D eigenvalue weighted by molar-refractivity contribution is 6.00. The number of hydrogen-bond acceptors (Lipinski definition) is 5. The van der Waals surface area contributed by atoms with Gasteiger partial charge in [-0.05, 0) is 37.1 Å². The Labute approximate surface area is 203 Å². The van der Waals surface area contributed by atoms with Crippen LogP contribution >= 0.6 is 0 Å². The molecule has 1 aliphatic rings. The van der Waals surface area contributed by atoms with E-state index < -0.39 is 35.1 Å². The molecule has 1 unspecified atom stereocenters. The maximum Gasteiger partial charge on any atom is 0.417 e. The summed E-state index contributed by atoms with van der Waals surface area (Å²) in [5.41, 5.74) is -0.400. The Kier molecular flexibility index (Phi) is 6.07. The molecular weight excluding hydrogens is 476 g/mol. The molecule has 1 amide bonds. The number of fused-ring (bicyclic) bond motifs is 1. The highest BCUT2D eigenvalue weighted by Gasteiger charge is 2.36. The molecule has 1 fully saturated rings. The van der Waals surface area contributed by atoms with E-state index in [0.717, 1.165) is 28.6 Å². The lowest BCUT2D eigenvalue weighted by Crippen LogP contribution is -2.48. The summed E-state index contributed by atoms with van der Waals surface area (Å²) in [6.45, 7) is 0.998. The summed E-state index contributed by atoms with van der Waals surface area (Å²) < 4.78 is 55.3. The molecule has 4 aromatic rings. The van der Waals surface area contributed by atoms with E-state index >= 15 is 0 Å². The zero-order chi connectivity index (χ0) is 25.4. The Morgan fingerprint density at radius 2 is 1.86 bits per heavy atom. The van der Waals surface area contributed by atoms with E-state index in [1.807, 2.05) is 42.3 Å². The van der Waals surface area contributed by atoms with Gasteiger partial charge in [-0.15, -0.1) is 10.2 Å². The van der Waals surface area contributed by atoms with Gasteiger partial charge in [0, 0.05) is 43.1 Å². The van der Waals surface area contributed by atoms with Crippen LogP contribution in [0.2, 0.25) is 0 Å². The van der Waals surface area contributed by atoms with E-state index in [1.165, 1.54) is 0 Å². The number of nitrogens with zero attached hydrogens (tertiary/aromatic N) is 5. The summed E-state index contributed by atoms with van der Waals surface area (Å²) in [5.74, 6) is -1.31. The fourth-order valence-corrected chi connectivity index (χ4v) is 4.62. The second-order valence-corrected chi connectivity index (χ2v) is 8.70. The molecule has 0 radical (unpaired) electrons. The number of nitrogens with one attached hydrogen (secondary N) is 1. The van der Waals surface area contributed by atoms with Crippen LogP contribution in [0.5, 0.6) is 0 Å². The molecule has 11 heteroatoms. The van der Waals surface area contributed by atoms with Gasteiger partial charge in [0.2, 0.25) is 0 Å². The van der Waals surface area contributed by atoms with Crippen molar-refractivity contribution in [2.75, 3.05) is 18.0 Å². The highest BCUT2D eigenvalue weighted by atomic mass is 19.4. The van der Waals surface area contributed by atoms with E-state index in [-0.39, 0.29) is 0 Å². The molecule has 1 aliphatic heterocycles. The molecule has 5 rings (SSSR count). The topological polar surface area (TPSA) is 75.9 Å². The summed E-state index contributed by atoms with van der Waals surface area (Å²) in [4.78, 5) is 14.7. The third kappa shape index (κ3) is 4.48. The molecule has 0 spiro atoms. The highest BCUT2D eigenvalue weighted by Crippen LogP contribution is 2.34. The molecule has 7 nitrogen and oxygen atoms in total. The van der Waals surface area contributed by atoms with Gasteiger partial charge >= 0.3 is 6.18 Å². The molecular formula is C25H22F4N6O. The number of anilines is 1. The van der Waals surface area contributed by atoms with Gasteiger partial charge < -0.3 is 10.2 Å². The van der Waals surface area contributed by atoms with Crippen LogP contribution in [0.4, 0.5) is 23.4 Å². The molecule has 1 atom stereocenters. The van der Waals surface area contributed by atoms with Gasteiger partial charge in [-0.3, -0.25) is 9.48 Å². The lowest BCUT2D eigenvalue weighted by molar-refractivity contribution is -0.138. The number of halogens is 4. The SMILES string of the molecule is Cn1nccc1-c1nnc(N2CCCC(NC(=O)c3ccc(F)cc3C(F)(F)F)C2)c2ccccc12. The third-order valence-corrected chi connectivity index (χ3v) is 6.32. The summed E-state index contributed by atoms with van der Waals surface area (Å²) in [5, 5.41) is 17.6. The fourth-order valence-electron chi connectivity index (χ4n) is 4.62. The third-order valence-electron chi connectivity index (χ3n) is 6.32. The predicted molar refractivity (Wildman–Crippen MR) is 126 cm³/mol. The zero-order valence-electron chi connectivity index (χ0n) is 19.3. The van der Waals surface area contributed by atoms with Crippen LogP contribution < -0.4 is 10.2 Å². The van der Waals surface area contributed by atoms with E-state index in [2.05, 4.69) is 20.6 Å². The zero-order valence-corrected chi connectivity index (χ0v) is 19.3. The number of carbonyl (C=O) groups excluding carboxylic acids is 1. The average molecular weight is 498 g/mol. The van der Waals surface area contributed by atoms with Crippen LogP contribution in [0.15, 0.2) is 54.7 Å². The number of alkyl halides is 3. The molecule has 36 heavy (non-hydrogen) atoms. The lowest BCUT2D eigenvalue weighted by Gasteiger charge is -2.34. The van der Waals surface area contributed by atoms with Gasteiger partial charge in [0.25, 0.3) is 5.91 Å². The normalized spacial score (nSPS) is 16.4. The van der Waals surface area contributed by atoms with Gasteiger partial charge in [-0.2, -0.15) is 18.3 Å². The Hall–Kier alpha value is -4.02. The first kappa shape index (κ1) is 23.7. The average Bonchev–Trinajstić information content (AvgIpc) is 3.28. The number of hydrogen-bond donors (Lipinski definition) is 1. The minimum Gasteiger partial charge on any atom is -0.353 e. The maximum absolute atomic E-state index is 13.5. The Balaban J connectivity index is 1.41. The van der Waals surface area contributed by atoms with Crippen molar-refractivity contribution in [2.24, 2.45) is 7.05 Å². The van der Waals surface area contributed by atoms with Crippen molar-refractivity contribution in [1.29, 1.82) is 0 Å². The van der Waals surface area contributed by atoms with Crippen molar-refractivity contribution in [2.45, 2.75) is 25.1 Å². The van der Waals surface area contributed by atoms with Gasteiger partial charge in [0.15, 0.2) is 5.82 Å². The van der Waals surface area contributed by atoms with Gasteiger partial charge in [-0.25, -0.2) is 4.39 Å². The minimum absolute atomic E-state index is 0.341. The van der Waals surface area contributed by atoms with Crippen LogP contribution in [0, 0.1) is 5.82 Å². The van der Waals surface area contributed by atoms with Gasteiger partial charge in [-0.1, -0.05) is 24.3 Å². The van der Waals surface area contributed by atoms with Crippen molar-refractivity contribution in [3.63, 3.8) is 0 Å². The van der Waals surface area contributed by atoms with Crippen molar-refractivity contribution < 1.29 is 22.4 Å². The van der Waals surface area contributed by atoms with E-state index in [1.54, 1.807) is 10.9 Å². The van der Waals surface area contributed by atoms with E-state index in [0.29, 0.717) is 43.5 Å². The minimum atomic E-state index is -4.85. The van der Waals surface area contributed by atoms with Crippen LogP contribution in [0.25, 0.3) is 22.2 Å².